The average Bonchev–Trinajstić information content (AvgIpc) is 3.45. The largest absolute Gasteiger partial charge is 0.507 e. The van der Waals surface area contributed by atoms with Gasteiger partial charge >= 0.3 is 5.91 Å². The molecule has 0 radical (unpaired) electrons. The van der Waals surface area contributed by atoms with E-state index in [0.717, 1.165) is 5.56 Å². The van der Waals surface area contributed by atoms with Crippen LogP contribution in [0.2, 0.25) is 5.02 Å². The summed E-state index contributed by atoms with van der Waals surface area (Å²) in [4.78, 5) is 35.9. The Hall–Kier alpha value is -4.50. The maximum Gasteiger partial charge on any atom is 0.302 e. The van der Waals surface area contributed by atoms with Crippen LogP contribution >= 0.6 is 11.6 Å². The Morgan fingerprint density at radius 3 is 2.34 bits per heavy atom. The van der Waals surface area contributed by atoms with Crippen molar-refractivity contribution in [1.82, 2.24) is 9.97 Å². The molecule has 1 aliphatic heterocycles. The van der Waals surface area contributed by atoms with Gasteiger partial charge in [-0.2, -0.15) is 0 Å². The van der Waals surface area contributed by atoms with Gasteiger partial charge in [0.25, 0.3) is 5.78 Å². The summed E-state index contributed by atoms with van der Waals surface area (Å²) in [6.45, 7) is 1.94. The maximum absolute atomic E-state index is 13.5. The van der Waals surface area contributed by atoms with Crippen LogP contribution in [0.25, 0.3) is 16.8 Å². The van der Waals surface area contributed by atoms with Crippen LogP contribution in [0.4, 0.5) is 5.95 Å². The molecule has 4 aromatic rings. The molecule has 194 valence electrons. The number of ether oxygens (including phenoxy) is 3. The summed E-state index contributed by atoms with van der Waals surface area (Å²) >= 11 is 6.29. The molecule has 1 amide bonds. The van der Waals surface area contributed by atoms with Crippen molar-refractivity contribution in [2.24, 2.45) is 0 Å². The first kappa shape index (κ1) is 25.2. The minimum Gasteiger partial charge on any atom is -0.507 e. The Bertz CT molecular complexity index is 1630. The molecular weight excluding hydrogens is 510 g/mol. The van der Waals surface area contributed by atoms with Gasteiger partial charge in [0.05, 0.1) is 49.0 Å². The highest BCUT2D eigenvalue weighted by Crippen LogP contribution is 2.44. The van der Waals surface area contributed by atoms with E-state index in [1.54, 1.807) is 30.3 Å². The third-order valence-corrected chi connectivity index (χ3v) is 6.74. The number of aromatic nitrogens is 2. The SMILES string of the molecule is COc1ccc(/C(O)=C2\C(=O)C(=O)N(c3nc4ccc(C)cc4[nH]3)C2c2ccc(OC)c(OC)c2)cc1Cl. The van der Waals surface area contributed by atoms with Crippen LogP contribution in [0.3, 0.4) is 0 Å². The van der Waals surface area contributed by atoms with Crippen LogP contribution in [0.1, 0.15) is 22.7 Å². The number of nitrogens with zero attached hydrogens (tertiary/aromatic N) is 2. The molecule has 1 aliphatic rings. The molecule has 0 saturated carbocycles. The number of H-pyrrole nitrogens is 1. The minimum absolute atomic E-state index is 0.125. The van der Waals surface area contributed by atoms with Gasteiger partial charge in [0, 0.05) is 5.56 Å². The zero-order valence-electron chi connectivity index (χ0n) is 21.0. The number of aliphatic hydroxyl groups is 1. The maximum atomic E-state index is 13.5. The molecule has 1 fully saturated rings. The molecule has 9 nitrogen and oxygen atoms in total. The van der Waals surface area contributed by atoms with Crippen LogP contribution in [-0.2, 0) is 9.59 Å². The Labute approximate surface area is 223 Å². The van der Waals surface area contributed by atoms with Crippen LogP contribution in [0.15, 0.2) is 60.2 Å². The van der Waals surface area contributed by atoms with E-state index < -0.39 is 17.7 Å². The van der Waals surface area contributed by atoms with Crippen molar-refractivity contribution in [3.8, 4) is 17.2 Å². The Morgan fingerprint density at radius 2 is 1.66 bits per heavy atom. The average molecular weight is 534 g/mol. The van der Waals surface area contributed by atoms with Crippen molar-refractivity contribution in [3.05, 3.63) is 81.9 Å². The highest BCUT2D eigenvalue weighted by molar-refractivity contribution is 6.51. The molecule has 2 N–H and O–H groups in total. The number of hydrogen-bond donors (Lipinski definition) is 2. The number of aliphatic hydroxyl groups excluding tert-OH is 1. The van der Waals surface area contributed by atoms with Crippen molar-refractivity contribution in [2.75, 3.05) is 26.2 Å². The van der Waals surface area contributed by atoms with E-state index in [2.05, 4.69) is 9.97 Å². The van der Waals surface area contributed by atoms with Gasteiger partial charge in [-0.15, -0.1) is 0 Å². The summed E-state index contributed by atoms with van der Waals surface area (Å²) in [5.74, 6) is -0.677. The van der Waals surface area contributed by atoms with Gasteiger partial charge in [-0.3, -0.25) is 14.5 Å². The van der Waals surface area contributed by atoms with Gasteiger partial charge < -0.3 is 24.3 Å². The predicted molar refractivity (Wildman–Crippen MR) is 143 cm³/mol. The van der Waals surface area contributed by atoms with Crippen LogP contribution in [-0.4, -0.2) is 48.1 Å². The fourth-order valence-electron chi connectivity index (χ4n) is 4.58. The van der Waals surface area contributed by atoms with Gasteiger partial charge in [0.15, 0.2) is 11.5 Å². The number of fused-ring (bicyclic) bond motifs is 1. The van der Waals surface area contributed by atoms with Crippen molar-refractivity contribution < 1.29 is 28.9 Å². The van der Waals surface area contributed by atoms with E-state index in [9.17, 15) is 14.7 Å². The number of anilines is 1. The van der Waals surface area contributed by atoms with Gasteiger partial charge in [-0.05, 0) is 60.5 Å². The number of benzene rings is 3. The normalized spacial score (nSPS) is 16.8. The van der Waals surface area contributed by atoms with Crippen molar-refractivity contribution in [1.29, 1.82) is 0 Å². The molecule has 38 heavy (non-hydrogen) atoms. The number of carbonyl (C=O) groups excluding carboxylic acids is 2. The molecule has 1 saturated heterocycles. The first-order valence-electron chi connectivity index (χ1n) is 11.6. The Balaban J connectivity index is 1.74. The molecule has 1 unspecified atom stereocenters. The van der Waals surface area contributed by atoms with E-state index in [-0.39, 0.29) is 27.9 Å². The molecule has 0 bridgehead atoms. The van der Waals surface area contributed by atoms with Crippen LogP contribution in [0.5, 0.6) is 17.2 Å². The predicted octanol–water partition coefficient (Wildman–Crippen LogP) is 5.18. The molecule has 1 aromatic heterocycles. The van der Waals surface area contributed by atoms with E-state index in [4.69, 9.17) is 25.8 Å². The second-order valence-corrected chi connectivity index (χ2v) is 9.12. The number of ketones is 1. The lowest BCUT2D eigenvalue weighted by atomic mass is 9.95. The van der Waals surface area contributed by atoms with Crippen LogP contribution < -0.4 is 19.1 Å². The number of amides is 1. The van der Waals surface area contributed by atoms with E-state index >= 15 is 0 Å². The van der Waals surface area contributed by atoms with Gasteiger partial charge in [0.2, 0.25) is 5.95 Å². The van der Waals surface area contributed by atoms with E-state index in [1.165, 1.54) is 32.3 Å². The quantitative estimate of drug-likeness (QED) is 0.199. The van der Waals surface area contributed by atoms with Crippen molar-refractivity contribution in [3.63, 3.8) is 0 Å². The fourth-order valence-corrected chi connectivity index (χ4v) is 4.84. The van der Waals surface area contributed by atoms with Gasteiger partial charge in [-0.25, -0.2) is 4.98 Å². The first-order chi connectivity index (χ1) is 18.3. The lowest BCUT2D eigenvalue weighted by molar-refractivity contribution is -0.132. The first-order valence-corrected chi connectivity index (χ1v) is 12.0. The number of aromatic amines is 1. The summed E-state index contributed by atoms with van der Waals surface area (Å²) in [6, 6.07) is 14.2. The number of imidazole rings is 1. The minimum atomic E-state index is -1.03. The standard InChI is InChI=1S/C28H24ClN3O6/c1-14-5-8-18-19(11-14)31-28(30-18)32-24(15-6-10-21(37-3)22(13-15)38-4)23(26(34)27(32)35)25(33)16-7-9-20(36-2)17(29)12-16/h5-13,24,33H,1-4H3,(H,30,31)/b25-23+. The second kappa shape index (κ2) is 9.75. The smallest absolute Gasteiger partial charge is 0.302 e. The zero-order chi connectivity index (χ0) is 27.1. The van der Waals surface area contributed by atoms with Gasteiger partial charge in [0.1, 0.15) is 11.5 Å². The monoisotopic (exact) mass is 533 g/mol. The lowest BCUT2D eigenvalue weighted by Crippen LogP contribution is -2.30. The van der Waals surface area contributed by atoms with Gasteiger partial charge in [-0.1, -0.05) is 23.7 Å². The third kappa shape index (κ3) is 4.10. The number of Topliss-reactive ketones (excluding diaryl/α,β-unsaturated/α-hetero) is 1. The summed E-state index contributed by atoms with van der Waals surface area (Å²) in [5, 5.41) is 11.6. The Morgan fingerprint density at radius 1 is 0.947 bits per heavy atom. The topological polar surface area (TPSA) is 114 Å². The van der Waals surface area contributed by atoms with Crippen molar-refractivity contribution >= 4 is 46.0 Å². The molecule has 0 aliphatic carbocycles. The highest BCUT2D eigenvalue weighted by atomic mass is 35.5. The summed E-state index contributed by atoms with van der Waals surface area (Å²) < 4.78 is 16.0. The molecule has 2 heterocycles. The molecule has 0 spiro atoms. The summed E-state index contributed by atoms with van der Waals surface area (Å²) in [5.41, 5.74) is 2.96. The third-order valence-electron chi connectivity index (χ3n) is 6.45. The summed E-state index contributed by atoms with van der Waals surface area (Å²) in [7, 11) is 4.46. The van der Waals surface area contributed by atoms with Crippen molar-refractivity contribution in [2.45, 2.75) is 13.0 Å². The molecular formula is C28H24ClN3O6. The lowest BCUT2D eigenvalue weighted by Gasteiger charge is -2.24. The number of carbonyl (C=O) groups is 2. The fraction of sp³-hybridized carbons (Fsp3) is 0.179. The number of aryl methyl sites for hydroxylation is 1. The number of nitrogens with one attached hydrogen (secondary N) is 1. The molecule has 3 aromatic carbocycles. The second-order valence-electron chi connectivity index (χ2n) is 8.71. The van der Waals surface area contributed by atoms with E-state index in [0.29, 0.717) is 33.8 Å². The molecule has 1 atom stereocenters. The number of halogens is 1. The number of rotatable bonds is 6. The Kier molecular flexibility index (Phi) is 6.46. The number of hydrogen-bond acceptors (Lipinski definition) is 7. The van der Waals surface area contributed by atoms with E-state index in [1.807, 2.05) is 25.1 Å². The highest BCUT2D eigenvalue weighted by Gasteiger charge is 2.48. The molecule has 10 heteroatoms. The number of methoxy groups -OCH3 is 3. The zero-order valence-corrected chi connectivity index (χ0v) is 21.8. The van der Waals surface area contributed by atoms with Crippen LogP contribution in [0, 0.1) is 6.92 Å². The summed E-state index contributed by atoms with van der Waals surface area (Å²) in [6.07, 6.45) is 0. The molecule has 5 rings (SSSR count).